The van der Waals surface area contributed by atoms with Crippen molar-refractivity contribution in [2.75, 3.05) is 25.5 Å². The number of amides is 2. The maximum Gasteiger partial charge on any atom is 0.410 e. The minimum Gasteiger partial charge on any atom is -0.493 e. The first kappa shape index (κ1) is 23.4. The standard InChI is InChI=1S/C24H31N3O5/c1-16-6-8-19(20(14-16)30-5)31-21-9-7-18(15-25-21)26-22(28)17-10-12-27(13-11-17)23(29)32-24(2,3)4/h6-9,14-15,17H,10-13H2,1-5H3,(H,26,28). The number of carbonyl (C=O) groups excluding carboxylic acids is 2. The van der Waals surface area contributed by atoms with E-state index in [1.807, 2.05) is 45.9 Å². The van der Waals surface area contributed by atoms with Crippen LogP contribution < -0.4 is 14.8 Å². The smallest absolute Gasteiger partial charge is 0.410 e. The molecule has 1 aliphatic rings. The molecule has 2 amide bonds. The summed E-state index contributed by atoms with van der Waals surface area (Å²) < 4.78 is 16.5. The highest BCUT2D eigenvalue weighted by Crippen LogP contribution is 2.31. The number of hydrogen-bond acceptors (Lipinski definition) is 6. The van der Waals surface area contributed by atoms with E-state index in [2.05, 4.69) is 10.3 Å². The second kappa shape index (κ2) is 9.89. The van der Waals surface area contributed by atoms with E-state index in [4.69, 9.17) is 14.2 Å². The molecule has 1 aromatic heterocycles. The number of benzene rings is 1. The first-order chi connectivity index (χ1) is 15.1. The lowest BCUT2D eigenvalue weighted by molar-refractivity contribution is -0.121. The number of nitrogens with zero attached hydrogens (tertiary/aromatic N) is 2. The quantitative estimate of drug-likeness (QED) is 0.718. The molecular formula is C24H31N3O5. The van der Waals surface area contributed by atoms with E-state index in [-0.39, 0.29) is 17.9 Å². The molecule has 0 atom stereocenters. The Hall–Kier alpha value is -3.29. The van der Waals surface area contributed by atoms with Crippen LogP contribution in [0.2, 0.25) is 0 Å². The molecule has 8 heteroatoms. The molecule has 0 unspecified atom stereocenters. The third-order valence-corrected chi connectivity index (χ3v) is 5.05. The van der Waals surface area contributed by atoms with E-state index in [0.29, 0.717) is 49.0 Å². The summed E-state index contributed by atoms with van der Waals surface area (Å²) in [5.74, 6) is 1.35. The zero-order valence-electron chi connectivity index (χ0n) is 19.3. The molecule has 1 aromatic carbocycles. The minimum atomic E-state index is -0.529. The molecule has 1 fully saturated rings. The molecule has 172 valence electrons. The number of aromatic nitrogens is 1. The Morgan fingerprint density at radius 1 is 1.09 bits per heavy atom. The Balaban J connectivity index is 1.52. The van der Waals surface area contributed by atoms with Crippen LogP contribution in [-0.4, -0.2) is 47.7 Å². The first-order valence-corrected chi connectivity index (χ1v) is 10.7. The van der Waals surface area contributed by atoms with Crippen LogP contribution >= 0.6 is 0 Å². The number of carbonyl (C=O) groups is 2. The molecule has 0 radical (unpaired) electrons. The molecule has 0 spiro atoms. The van der Waals surface area contributed by atoms with Crippen LogP contribution in [0.15, 0.2) is 36.5 Å². The molecule has 8 nitrogen and oxygen atoms in total. The van der Waals surface area contributed by atoms with Gasteiger partial charge in [0.15, 0.2) is 11.5 Å². The predicted octanol–water partition coefficient (Wildman–Crippen LogP) is 4.78. The number of piperidine rings is 1. The molecule has 3 rings (SSSR count). The third kappa shape index (κ3) is 6.35. The highest BCUT2D eigenvalue weighted by atomic mass is 16.6. The summed E-state index contributed by atoms with van der Waals surface area (Å²) in [6.45, 7) is 8.49. The SMILES string of the molecule is COc1cc(C)ccc1Oc1ccc(NC(=O)C2CCN(C(=O)OC(C)(C)C)CC2)cn1. The van der Waals surface area contributed by atoms with Crippen molar-refractivity contribution in [1.29, 1.82) is 0 Å². The number of anilines is 1. The maximum absolute atomic E-state index is 12.6. The Labute approximate surface area is 188 Å². The molecule has 0 saturated carbocycles. The summed E-state index contributed by atoms with van der Waals surface area (Å²) in [7, 11) is 1.59. The van der Waals surface area contributed by atoms with E-state index in [9.17, 15) is 9.59 Å². The second-order valence-electron chi connectivity index (χ2n) is 8.87. The van der Waals surface area contributed by atoms with E-state index in [0.717, 1.165) is 5.56 Å². The van der Waals surface area contributed by atoms with Gasteiger partial charge in [0.2, 0.25) is 11.8 Å². The van der Waals surface area contributed by atoms with Crippen LogP contribution in [0.4, 0.5) is 10.5 Å². The lowest BCUT2D eigenvalue weighted by Crippen LogP contribution is -2.43. The van der Waals surface area contributed by atoms with Crippen LogP contribution in [0, 0.1) is 12.8 Å². The van der Waals surface area contributed by atoms with Gasteiger partial charge in [0, 0.05) is 25.1 Å². The van der Waals surface area contributed by atoms with Gasteiger partial charge in [0.25, 0.3) is 0 Å². The third-order valence-electron chi connectivity index (χ3n) is 5.05. The number of nitrogens with one attached hydrogen (secondary N) is 1. The molecule has 32 heavy (non-hydrogen) atoms. The zero-order chi connectivity index (χ0) is 23.3. The van der Waals surface area contributed by atoms with Gasteiger partial charge in [-0.25, -0.2) is 9.78 Å². The lowest BCUT2D eigenvalue weighted by atomic mass is 9.96. The number of aryl methyl sites for hydroxylation is 1. The van der Waals surface area contributed by atoms with Gasteiger partial charge < -0.3 is 24.4 Å². The van der Waals surface area contributed by atoms with Gasteiger partial charge in [0.05, 0.1) is 19.0 Å². The summed E-state index contributed by atoms with van der Waals surface area (Å²) in [6.07, 6.45) is 2.41. The fourth-order valence-corrected chi connectivity index (χ4v) is 3.38. The number of likely N-dealkylation sites (tertiary alicyclic amines) is 1. The molecule has 0 aliphatic carbocycles. The van der Waals surface area contributed by atoms with Crippen molar-refractivity contribution in [3.8, 4) is 17.4 Å². The Morgan fingerprint density at radius 2 is 1.81 bits per heavy atom. The summed E-state index contributed by atoms with van der Waals surface area (Å²) in [6, 6.07) is 9.09. The van der Waals surface area contributed by atoms with Crippen LogP contribution in [0.3, 0.4) is 0 Å². The van der Waals surface area contributed by atoms with Crippen LogP contribution in [0.25, 0.3) is 0 Å². The average molecular weight is 442 g/mol. The largest absolute Gasteiger partial charge is 0.493 e. The number of hydrogen-bond donors (Lipinski definition) is 1. The highest BCUT2D eigenvalue weighted by molar-refractivity contribution is 5.92. The molecule has 2 aromatic rings. The minimum absolute atomic E-state index is 0.0792. The fourth-order valence-electron chi connectivity index (χ4n) is 3.38. The molecule has 2 heterocycles. The van der Waals surface area contributed by atoms with Crippen molar-refractivity contribution in [2.45, 2.75) is 46.1 Å². The van der Waals surface area contributed by atoms with Crippen molar-refractivity contribution in [1.82, 2.24) is 9.88 Å². The van der Waals surface area contributed by atoms with E-state index < -0.39 is 5.60 Å². The number of methoxy groups -OCH3 is 1. The molecular weight excluding hydrogens is 410 g/mol. The van der Waals surface area contributed by atoms with Gasteiger partial charge in [-0.3, -0.25) is 4.79 Å². The van der Waals surface area contributed by atoms with Crippen LogP contribution in [0.5, 0.6) is 17.4 Å². The van der Waals surface area contributed by atoms with E-state index in [1.54, 1.807) is 30.3 Å². The van der Waals surface area contributed by atoms with Gasteiger partial charge in [-0.05, 0) is 64.3 Å². The lowest BCUT2D eigenvalue weighted by Gasteiger charge is -2.32. The summed E-state index contributed by atoms with van der Waals surface area (Å²) in [5.41, 5.74) is 1.13. The molecule has 1 aliphatic heterocycles. The molecule has 1 saturated heterocycles. The topological polar surface area (TPSA) is 90.0 Å². The predicted molar refractivity (Wildman–Crippen MR) is 121 cm³/mol. The number of ether oxygens (including phenoxy) is 3. The van der Waals surface area contributed by atoms with Crippen molar-refractivity contribution in [3.05, 3.63) is 42.1 Å². The fraction of sp³-hybridized carbons (Fsp3) is 0.458. The maximum atomic E-state index is 12.6. The van der Waals surface area contributed by atoms with Crippen molar-refractivity contribution < 1.29 is 23.8 Å². The summed E-state index contributed by atoms with van der Waals surface area (Å²) in [5, 5.41) is 2.90. The normalized spacial score (nSPS) is 14.6. The van der Waals surface area contributed by atoms with Crippen molar-refractivity contribution in [2.24, 2.45) is 5.92 Å². The number of rotatable bonds is 5. The molecule has 1 N–H and O–H groups in total. The van der Waals surface area contributed by atoms with Gasteiger partial charge in [0.1, 0.15) is 5.60 Å². The van der Waals surface area contributed by atoms with Gasteiger partial charge >= 0.3 is 6.09 Å². The zero-order valence-corrected chi connectivity index (χ0v) is 19.3. The first-order valence-electron chi connectivity index (χ1n) is 10.7. The molecule has 0 bridgehead atoms. The van der Waals surface area contributed by atoms with Crippen LogP contribution in [0.1, 0.15) is 39.2 Å². The average Bonchev–Trinajstić information content (AvgIpc) is 2.75. The van der Waals surface area contributed by atoms with Gasteiger partial charge in [-0.1, -0.05) is 6.07 Å². The van der Waals surface area contributed by atoms with Gasteiger partial charge in [-0.2, -0.15) is 0 Å². The van der Waals surface area contributed by atoms with Crippen molar-refractivity contribution in [3.63, 3.8) is 0 Å². The van der Waals surface area contributed by atoms with E-state index >= 15 is 0 Å². The highest BCUT2D eigenvalue weighted by Gasteiger charge is 2.30. The Kier molecular flexibility index (Phi) is 7.22. The summed E-state index contributed by atoms with van der Waals surface area (Å²) >= 11 is 0. The monoisotopic (exact) mass is 441 g/mol. The Bertz CT molecular complexity index is 945. The van der Waals surface area contributed by atoms with Crippen LogP contribution in [-0.2, 0) is 9.53 Å². The second-order valence-corrected chi connectivity index (χ2v) is 8.87. The number of pyridine rings is 1. The summed E-state index contributed by atoms with van der Waals surface area (Å²) in [4.78, 5) is 30.8. The van der Waals surface area contributed by atoms with E-state index in [1.165, 1.54) is 0 Å². The van der Waals surface area contributed by atoms with Gasteiger partial charge in [-0.15, -0.1) is 0 Å². The van der Waals surface area contributed by atoms with Crippen molar-refractivity contribution >= 4 is 17.7 Å². The Morgan fingerprint density at radius 3 is 2.41 bits per heavy atom.